The molecule has 334 valence electrons. The fraction of sp³-hybridized carbons (Fsp3) is 0. The van der Waals surface area contributed by atoms with E-state index in [2.05, 4.69) is 36.3 Å². The Morgan fingerprint density at radius 2 is 0.971 bits per heavy atom. The van der Waals surface area contributed by atoms with Crippen LogP contribution in [0.3, 0.4) is 0 Å². The molecular formula is C42H25N7Na4O13S4. The van der Waals surface area contributed by atoms with Crippen molar-refractivity contribution in [1.29, 1.82) is 0 Å². The number of nitrogens with one attached hydrogen (secondary N) is 2. The number of Topliss-reactive ketones (excluding diaryl/α,β-unsaturated/α-hetero) is 1. The van der Waals surface area contributed by atoms with E-state index in [1.54, 1.807) is 30.3 Å². The molecular weight excluding hydrogens is 1030 g/mol. The maximum absolute atomic E-state index is 13.7. The van der Waals surface area contributed by atoms with E-state index < -0.39 is 71.6 Å². The van der Waals surface area contributed by atoms with Crippen molar-refractivity contribution in [2.24, 2.45) is 25.6 Å². The molecule has 0 atom stereocenters. The number of azo groups is 2. The van der Waals surface area contributed by atoms with Crippen molar-refractivity contribution in [2.75, 3.05) is 10.7 Å². The first-order valence-corrected chi connectivity index (χ1v) is 24.2. The molecule has 1 aliphatic carbocycles. The fourth-order valence-corrected chi connectivity index (χ4v) is 8.87. The summed E-state index contributed by atoms with van der Waals surface area (Å²) in [5, 5.41) is 24.1. The first kappa shape index (κ1) is 59.1. The second-order valence-electron chi connectivity index (χ2n) is 14.1. The van der Waals surface area contributed by atoms with Crippen LogP contribution in [-0.2, 0) is 40.5 Å². The molecule has 0 saturated carbocycles. The molecule has 0 aromatic heterocycles. The van der Waals surface area contributed by atoms with Gasteiger partial charge in [0, 0.05) is 38.5 Å². The van der Waals surface area contributed by atoms with Crippen molar-refractivity contribution in [3.8, 4) is 0 Å². The van der Waals surface area contributed by atoms with Crippen LogP contribution in [0.5, 0.6) is 0 Å². The van der Waals surface area contributed by atoms with Crippen molar-refractivity contribution in [2.45, 2.75) is 14.7 Å². The summed E-state index contributed by atoms with van der Waals surface area (Å²) in [6.07, 6.45) is 1.00. The van der Waals surface area contributed by atoms with Crippen LogP contribution < -0.4 is 129 Å². The van der Waals surface area contributed by atoms with Crippen LogP contribution in [0.25, 0.3) is 27.6 Å². The summed E-state index contributed by atoms with van der Waals surface area (Å²) in [5.41, 5.74) is 3.06. The number of hydrogen-bond donors (Lipinski definition) is 2. The van der Waals surface area contributed by atoms with E-state index in [9.17, 15) is 56.7 Å². The van der Waals surface area contributed by atoms with Gasteiger partial charge in [0.1, 0.15) is 46.2 Å². The van der Waals surface area contributed by atoms with Gasteiger partial charge >= 0.3 is 118 Å². The Balaban J connectivity index is 0.00000266. The molecule has 70 heavy (non-hydrogen) atoms. The fourth-order valence-electron chi connectivity index (χ4n) is 6.71. The number of hydrogen-bond acceptors (Lipinski definition) is 20. The molecule has 2 N–H and O–H groups in total. The molecule has 0 spiro atoms. The Labute approximate surface area is 488 Å². The summed E-state index contributed by atoms with van der Waals surface area (Å²) in [6, 6.07) is 29.9. The minimum atomic E-state index is -5.32. The van der Waals surface area contributed by atoms with Gasteiger partial charge in [0.2, 0.25) is 5.78 Å². The minimum Gasteiger partial charge on any atom is -0.744 e. The number of ketones is 1. The van der Waals surface area contributed by atoms with Gasteiger partial charge in [-0.15, -0.1) is 15.3 Å². The maximum Gasteiger partial charge on any atom is 1.00 e. The van der Waals surface area contributed by atoms with E-state index in [4.69, 9.17) is 0 Å². The molecule has 0 radical (unpaired) electrons. The standard InChI is InChI=1S/C42H29N7O13S4.4Na/c50-42-31-12-9-26(43-25-5-2-1-3-6-25)19-24(31)20-40(66(60,61)62)41(42)49-48-39-18-16-37(33-14-11-30(23-35(33)39)65(57,58)59)47-46-36-15-17-38(34-22-29(64(54,55)56)10-13-32(34)36)45-44-27-7-4-8-28(21-27)63(51,52)53;;;;/h1-23,43,48H,(H,51,52,53)(H,54,55,56)(H,57,58,59)(H,60,61,62);;;;/q;4*+1/p-4. The number of nitrogens with zero attached hydrogens (tertiary/aromatic N) is 5. The zero-order valence-corrected chi connectivity index (χ0v) is 48.2. The summed E-state index contributed by atoms with van der Waals surface area (Å²) in [5.74, 6) is -0.929. The van der Waals surface area contributed by atoms with Gasteiger partial charge < -0.3 is 23.5 Å². The van der Waals surface area contributed by atoms with Crippen LogP contribution in [0.4, 0.5) is 39.8 Å². The molecule has 0 bridgehead atoms. The zero-order valence-electron chi connectivity index (χ0n) is 37.0. The molecule has 7 aromatic rings. The third-order valence-corrected chi connectivity index (χ3v) is 13.1. The summed E-state index contributed by atoms with van der Waals surface area (Å²) in [4.78, 5) is 10.9. The number of carbonyl (C=O) groups excluding carboxylic acids is 1. The molecule has 20 nitrogen and oxygen atoms in total. The number of rotatable bonds is 12. The number of para-hydroxylation sites is 1. The Morgan fingerprint density at radius 3 is 1.56 bits per heavy atom. The molecule has 0 saturated heterocycles. The van der Waals surface area contributed by atoms with Crippen LogP contribution >= 0.6 is 0 Å². The second-order valence-corrected chi connectivity index (χ2v) is 19.6. The first-order valence-electron chi connectivity index (χ1n) is 18.6. The average molecular weight is 1060 g/mol. The summed E-state index contributed by atoms with van der Waals surface area (Å²) in [7, 11) is -20.2. The number of benzene rings is 7. The van der Waals surface area contributed by atoms with Crippen molar-refractivity contribution in [3.63, 3.8) is 0 Å². The molecule has 0 fully saturated rings. The van der Waals surface area contributed by atoms with Gasteiger partial charge in [0.25, 0.3) is 0 Å². The number of fused-ring (bicyclic) bond motifs is 3. The smallest absolute Gasteiger partial charge is 0.744 e. The average Bonchev–Trinajstić information content (AvgIpc) is 3.26. The normalized spacial score (nSPS) is 13.5. The Kier molecular flexibility index (Phi) is 20.0. The zero-order chi connectivity index (χ0) is 47.2. The predicted octanol–water partition coefficient (Wildman–Crippen LogP) is -4.15. The van der Waals surface area contributed by atoms with Crippen molar-refractivity contribution in [3.05, 3.63) is 149 Å². The molecule has 7 aromatic carbocycles. The topological polar surface area (TPSA) is 332 Å². The van der Waals surface area contributed by atoms with E-state index in [1.807, 2.05) is 6.07 Å². The van der Waals surface area contributed by atoms with Crippen LogP contribution in [0.1, 0.15) is 15.9 Å². The Bertz CT molecular complexity index is 3810. The van der Waals surface area contributed by atoms with Gasteiger partial charge in [0.05, 0.1) is 48.0 Å². The van der Waals surface area contributed by atoms with Gasteiger partial charge in [-0.25, -0.2) is 33.7 Å². The van der Waals surface area contributed by atoms with Crippen molar-refractivity contribution in [1.82, 2.24) is 0 Å². The third-order valence-electron chi connectivity index (χ3n) is 9.78. The summed E-state index contributed by atoms with van der Waals surface area (Å²) >= 11 is 0. The number of allylic oxidation sites excluding steroid dienone is 1. The molecule has 0 heterocycles. The van der Waals surface area contributed by atoms with Crippen LogP contribution in [-0.4, -0.2) is 63.4 Å². The van der Waals surface area contributed by atoms with Gasteiger partial charge in [-0.2, -0.15) is 10.2 Å². The number of anilines is 3. The molecule has 8 rings (SSSR count). The van der Waals surface area contributed by atoms with E-state index >= 15 is 0 Å². The monoisotopic (exact) mass is 1050 g/mol. The van der Waals surface area contributed by atoms with Crippen LogP contribution in [0.15, 0.2) is 179 Å². The summed E-state index contributed by atoms with van der Waals surface area (Å²) in [6.45, 7) is 0. The SMILES string of the molecule is O=C1C(=NNc2ccc(N=Nc3ccc(N=Nc4cccc(S(=O)(=O)[O-])c4)c4cc(S(=O)(=O)[O-])ccc34)c3ccc(S(=O)(=O)[O-])cc23)C(S(=O)(=O)[O-])=Cc2cc(Nc3ccccc3)ccc21.[Na+].[Na+].[Na+].[Na+]. The van der Waals surface area contributed by atoms with Gasteiger partial charge in [0.15, 0.2) is 0 Å². The first-order chi connectivity index (χ1) is 31.1. The van der Waals surface area contributed by atoms with Crippen molar-refractivity contribution < 1.29 is 175 Å². The van der Waals surface area contributed by atoms with E-state index in [1.165, 1.54) is 60.7 Å². The van der Waals surface area contributed by atoms with E-state index in [0.717, 1.165) is 42.5 Å². The van der Waals surface area contributed by atoms with Crippen molar-refractivity contribution >= 4 is 119 Å². The quantitative estimate of drug-likeness (QED) is 0.0508. The van der Waals surface area contributed by atoms with Gasteiger partial charge in [-0.1, -0.05) is 36.4 Å². The van der Waals surface area contributed by atoms with Gasteiger partial charge in [-0.3, -0.25) is 10.2 Å². The van der Waals surface area contributed by atoms with Crippen LogP contribution in [0.2, 0.25) is 0 Å². The molecule has 28 heteroatoms. The Hall–Kier alpha value is -3.42. The molecule has 0 aliphatic heterocycles. The Morgan fingerprint density at radius 1 is 0.443 bits per heavy atom. The largest absolute Gasteiger partial charge is 1.00 e. The van der Waals surface area contributed by atoms with E-state index in [-0.39, 0.29) is 179 Å². The molecule has 0 unspecified atom stereocenters. The number of carbonyl (C=O) groups is 1. The van der Waals surface area contributed by atoms with E-state index in [0.29, 0.717) is 11.4 Å². The van der Waals surface area contributed by atoms with Gasteiger partial charge in [-0.05, 0) is 109 Å². The number of hydrazone groups is 1. The molecule has 1 aliphatic rings. The maximum atomic E-state index is 13.7. The summed E-state index contributed by atoms with van der Waals surface area (Å²) < 4.78 is 144. The van der Waals surface area contributed by atoms with Crippen LogP contribution in [0, 0.1) is 0 Å². The second kappa shape index (κ2) is 23.6. The minimum absolute atomic E-state index is 0. The predicted molar refractivity (Wildman–Crippen MR) is 236 cm³/mol. The third kappa shape index (κ3) is 13.6. The molecule has 0 amide bonds.